The van der Waals surface area contributed by atoms with Crippen molar-refractivity contribution in [3.05, 3.63) is 94.0 Å². The molecule has 4 rings (SSSR count). The number of benzene rings is 3. The van der Waals surface area contributed by atoms with Crippen LogP contribution in [0.1, 0.15) is 18.1 Å². The van der Waals surface area contributed by atoms with Gasteiger partial charge in [-0.05, 0) is 55.3 Å². The molecule has 6 nitrogen and oxygen atoms in total. The molecule has 4 aromatic rings. The average molecular weight is 492 g/mol. The summed E-state index contributed by atoms with van der Waals surface area (Å²) in [7, 11) is 1.41. The minimum Gasteiger partial charge on any atom is -0.494 e. The smallest absolute Gasteiger partial charge is 0.266 e. The van der Waals surface area contributed by atoms with Crippen molar-refractivity contribution in [1.29, 1.82) is 0 Å². The molecular formula is C27H26FN3O3S. The Morgan fingerprint density at radius 3 is 2.57 bits per heavy atom. The maximum atomic E-state index is 14.1. The van der Waals surface area contributed by atoms with Crippen molar-refractivity contribution in [3.63, 3.8) is 0 Å². The number of carbonyl (C=O) groups excluding carboxylic acids is 1. The molecule has 0 spiro atoms. The number of hydrogen-bond donors (Lipinski definition) is 0. The highest BCUT2D eigenvalue weighted by molar-refractivity contribution is 7.99. The van der Waals surface area contributed by atoms with E-state index >= 15 is 0 Å². The first-order valence-corrected chi connectivity index (χ1v) is 12.2. The van der Waals surface area contributed by atoms with E-state index in [0.717, 1.165) is 11.3 Å². The molecule has 3 aromatic carbocycles. The van der Waals surface area contributed by atoms with Gasteiger partial charge in [-0.25, -0.2) is 9.37 Å². The van der Waals surface area contributed by atoms with Gasteiger partial charge in [0, 0.05) is 13.1 Å². The summed E-state index contributed by atoms with van der Waals surface area (Å²) in [5.74, 6) is -0.350. The van der Waals surface area contributed by atoms with Gasteiger partial charge in [0.25, 0.3) is 5.56 Å². The number of nitrogens with zero attached hydrogens (tertiary/aromatic N) is 3. The fourth-order valence-electron chi connectivity index (χ4n) is 3.86. The van der Waals surface area contributed by atoms with E-state index in [1.54, 1.807) is 33.7 Å². The summed E-state index contributed by atoms with van der Waals surface area (Å²) in [4.78, 5) is 32.9. The fraction of sp³-hybridized carbons (Fsp3) is 0.222. The van der Waals surface area contributed by atoms with E-state index in [1.165, 1.54) is 24.9 Å². The van der Waals surface area contributed by atoms with Crippen LogP contribution in [-0.2, 0) is 11.3 Å². The van der Waals surface area contributed by atoms with E-state index in [-0.39, 0.29) is 29.5 Å². The highest BCUT2D eigenvalue weighted by Crippen LogP contribution is 2.24. The van der Waals surface area contributed by atoms with E-state index < -0.39 is 5.82 Å². The van der Waals surface area contributed by atoms with Crippen molar-refractivity contribution in [2.24, 2.45) is 0 Å². The monoisotopic (exact) mass is 491 g/mol. The Morgan fingerprint density at radius 2 is 1.86 bits per heavy atom. The number of ether oxygens (including phenoxy) is 1. The van der Waals surface area contributed by atoms with Crippen LogP contribution >= 0.6 is 11.8 Å². The first-order valence-electron chi connectivity index (χ1n) is 11.2. The normalized spacial score (nSPS) is 11.0. The van der Waals surface area contributed by atoms with Gasteiger partial charge in [-0.1, -0.05) is 48.2 Å². The van der Waals surface area contributed by atoms with Gasteiger partial charge < -0.3 is 9.64 Å². The first-order chi connectivity index (χ1) is 16.9. The maximum Gasteiger partial charge on any atom is 0.266 e. The molecule has 180 valence electrons. The van der Waals surface area contributed by atoms with Crippen molar-refractivity contribution < 1.29 is 13.9 Å². The number of thioether (sulfide) groups is 1. The van der Waals surface area contributed by atoms with Crippen LogP contribution < -0.4 is 10.3 Å². The molecule has 0 radical (unpaired) electrons. The topological polar surface area (TPSA) is 64.4 Å². The lowest BCUT2D eigenvalue weighted by Crippen LogP contribution is -2.32. The summed E-state index contributed by atoms with van der Waals surface area (Å²) in [5, 5.41) is 0.964. The lowest BCUT2D eigenvalue weighted by atomic mass is 10.2. The molecule has 1 aromatic heterocycles. The van der Waals surface area contributed by atoms with E-state index in [1.807, 2.05) is 50.2 Å². The third-order valence-corrected chi connectivity index (χ3v) is 6.67. The average Bonchev–Trinajstić information content (AvgIpc) is 2.87. The standard InChI is InChI=1S/C27H26FN3O3S/c1-4-30(16-19-13-14-24(34-3)21(28)15-19)25(32)17-35-27-29-22-11-7-6-10-20(22)26(33)31(27)23-12-8-5-9-18(23)2/h5-15H,4,16-17H2,1-3H3. The molecule has 1 amide bonds. The zero-order valence-corrected chi connectivity index (χ0v) is 20.6. The number of amides is 1. The molecule has 35 heavy (non-hydrogen) atoms. The molecule has 0 unspecified atom stereocenters. The molecule has 0 aliphatic rings. The summed E-state index contributed by atoms with van der Waals surface area (Å²) in [6.45, 7) is 4.54. The van der Waals surface area contributed by atoms with Crippen molar-refractivity contribution in [2.75, 3.05) is 19.4 Å². The lowest BCUT2D eigenvalue weighted by Gasteiger charge is -2.21. The van der Waals surface area contributed by atoms with Crippen LogP contribution in [0.4, 0.5) is 4.39 Å². The third-order valence-electron chi connectivity index (χ3n) is 5.75. The van der Waals surface area contributed by atoms with Crippen LogP contribution in [0, 0.1) is 12.7 Å². The number of methoxy groups -OCH3 is 1. The minimum absolute atomic E-state index is 0.0864. The Bertz CT molecular complexity index is 1440. The molecule has 0 aliphatic carbocycles. The number of aromatic nitrogens is 2. The molecule has 1 heterocycles. The number of halogens is 1. The second-order valence-electron chi connectivity index (χ2n) is 8.00. The molecule has 0 bridgehead atoms. The molecule has 0 fully saturated rings. The zero-order chi connectivity index (χ0) is 24.9. The van der Waals surface area contributed by atoms with Crippen molar-refractivity contribution >= 4 is 28.6 Å². The first kappa shape index (κ1) is 24.5. The van der Waals surface area contributed by atoms with Gasteiger partial charge in [0.2, 0.25) is 5.91 Å². The lowest BCUT2D eigenvalue weighted by molar-refractivity contribution is -0.128. The predicted octanol–water partition coefficient (Wildman–Crippen LogP) is 4.98. The van der Waals surface area contributed by atoms with Gasteiger partial charge in [-0.2, -0.15) is 0 Å². The number of carbonyl (C=O) groups is 1. The van der Waals surface area contributed by atoms with Gasteiger partial charge in [0.1, 0.15) is 0 Å². The zero-order valence-electron chi connectivity index (χ0n) is 19.8. The Balaban J connectivity index is 1.62. The maximum absolute atomic E-state index is 14.1. The van der Waals surface area contributed by atoms with Crippen LogP contribution in [-0.4, -0.2) is 39.8 Å². The highest BCUT2D eigenvalue weighted by Gasteiger charge is 2.18. The molecule has 0 aliphatic heterocycles. The fourth-order valence-corrected chi connectivity index (χ4v) is 4.77. The van der Waals surface area contributed by atoms with Crippen molar-refractivity contribution in [2.45, 2.75) is 25.5 Å². The Hall–Kier alpha value is -3.65. The number of fused-ring (bicyclic) bond motifs is 1. The molecule has 0 saturated heterocycles. The van der Waals surface area contributed by atoms with Gasteiger partial charge in [-0.15, -0.1) is 0 Å². The second-order valence-corrected chi connectivity index (χ2v) is 8.95. The van der Waals surface area contributed by atoms with Gasteiger partial charge >= 0.3 is 0 Å². The van der Waals surface area contributed by atoms with Gasteiger partial charge in [-0.3, -0.25) is 14.2 Å². The second kappa shape index (κ2) is 10.7. The highest BCUT2D eigenvalue weighted by atomic mass is 32.2. The van der Waals surface area contributed by atoms with E-state index in [9.17, 15) is 14.0 Å². The SMILES string of the molecule is CCN(Cc1ccc(OC)c(F)c1)C(=O)CSc1nc2ccccc2c(=O)n1-c1ccccc1C. The van der Waals surface area contributed by atoms with Crippen LogP contribution in [0.2, 0.25) is 0 Å². The molecular weight excluding hydrogens is 465 g/mol. The quantitative estimate of drug-likeness (QED) is 0.257. The van der Waals surface area contributed by atoms with Crippen molar-refractivity contribution in [1.82, 2.24) is 14.5 Å². The molecule has 0 atom stereocenters. The molecule has 0 saturated carbocycles. The summed E-state index contributed by atoms with van der Waals surface area (Å²) in [6, 6.07) is 19.5. The summed E-state index contributed by atoms with van der Waals surface area (Å²) in [6.07, 6.45) is 0. The number of rotatable bonds is 8. The summed E-state index contributed by atoms with van der Waals surface area (Å²) in [5.41, 5.74) is 2.73. The minimum atomic E-state index is -0.467. The van der Waals surface area contributed by atoms with Crippen LogP contribution in [0.3, 0.4) is 0 Å². The number of aryl methyl sites for hydroxylation is 1. The number of para-hydroxylation sites is 2. The van der Waals surface area contributed by atoms with Gasteiger partial charge in [0.05, 0.1) is 29.5 Å². The Morgan fingerprint density at radius 1 is 1.11 bits per heavy atom. The van der Waals surface area contributed by atoms with Crippen molar-refractivity contribution in [3.8, 4) is 11.4 Å². The molecule has 0 N–H and O–H groups in total. The Labute approximate surface area is 207 Å². The van der Waals surface area contributed by atoms with E-state index in [4.69, 9.17) is 9.72 Å². The van der Waals surface area contributed by atoms with Gasteiger partial charge in [0.15, 0.2) is 16.7 Å². The largest absolute Gasteiger partial charge is 0.494 e. The number of hydrogen-bond acceptors (Lipinski definition) is 5. The summed E-state index contributed by atoms with van der Waals surface area (Å²) < 4.78 is 20.6. The van der Waals surface area contributed by atoms with Crippen LogP contribution in [0.15, 0.2) is 76.7 Å². The van der Waals surface area contributed by atoms with Crippen LogP contribution in [0.25, 0.3) is 16.6 Å². The molecule has 8 heteroatoms. The Kier molecular flexibility index (Phi) is 7.51. The summed E-state index contributed by atoms with van der Waals surface area (Å²) >= 11 is 1.22. The van der Waals surface area contributed by atoms with Crippen LogP contribution in [0.5, 0.6) is 5.75 Å². The van der Waals surface area contributed by atoms with E-state index in [0.29, 0.717) is 28.2 Å². The third kappa shape index (κ3) is 5.22. The van der Waals surface area contributed by atoms with E-state index in [2.05, 4.69) is 0 Å². The predicted molar refractivity (Wildman–Crippen MR) is 137 cm³/mol.